The van der Waals surface area contributed by atoms with Crippen molar-refractivity contribution in [1.29, 1.82) is 0 Å². The van der Waals surface area contributed by atoms with Crippen molar-refractivity contribution in [2.75, 3.05) is 0 Å². The molecule has 0 aliphatic heterocycles. The summed E-state index contributed by atoms with van der Waals surface area (Å²) >= 11 is 7.20. The highest BCUT2D eigenvalue weighted by Gasteiger charge is 2.03. The Hall–Kier alpha value is -1.45. The molecule has 0 saturated heterocycles. The lowest BCUT2D eigenvalue weighted by Crippen LogP contribution is -1.87. The molecule has 0 fully saturated rings. The van der Waals surface area contributed by atoms with Gasteiger partial charge in [-0.15, -0.1) is 10.2 Å². The molecule has 2 nitrogen and oxygen atoms in total. The molecule has 0 N–H and O–H groups in total. The zero-order valence-corrected chi connectivity index (χ0v) is 10.5. The van der Waals surface area contributed by atoms with Gasteiger partial charge in [-0.1, -0.05) is 53.8 Å². The van der Waals surface area contributed by atoms with Crippen LogP contribution in [0.1, 0.15) is 10.6 Å². The van der Waals surface area contributed by atoms with Gasteiger partial charge in [-0.3, -0.25) is 0 Å². The molecule has 0 amide bonds. The number of benzene rings is 2. The summed E-state index contributed by atoms with van der Waals surface area (Å²) in [5.74, 6) is 0. The Morgan fingerprint density at radius 3 is 2.59 bits per heavy atom. The summed E-state index contributed by atoms with van der Waals surface area (Å²) in [7, 11) is 0. The van der Waals surface area contributed by atoms with Crippen LogP contribution in [0.2, 0.25) is 4.47 Å². The van der Waals surface area contributed by atoms with E-state index in [1.54, 1.807) is 0 Å². The quantitative estimate of drug-likeness (QED) is 0.698. The summed E-state index contributed by atoms with van der Waals surface area (Å²) in [6, 6.07) is 14.8. The Bertz CT molecular complexity index is 663. The highest BCUT2D eigenvalue weighted by Crippen LogP contribution is 2.21. The fourth-order valence-corrected chi connectivity index (χ4v) is 2.73. The van der Waals surface area contributed by atoms with Crippen molar-refractivity contribution in [1.82, 2.24) is 10.2 Å². The molecule has 84 valence electrons. The van der Waals surface area contributed by atoms with Gasteiger partial charge in [0, 0.05) is 6.42 Å². The highest BCUT2D eigenvalue weighted by molar-refractivity contribution is 7.15. The molecule has 0 bridgehead atoms. The monoisotopic (exact) mass is 260 g/mol. The van der Waals surface area contributed by atoms with Crippen LogP contribution in [0.25, 0.3) is 10.8 Å². The third-order valence-corrected chi connectivity index (χ3v) is 3.63. The van der Waals surface area contributed by atoms with E-state index in [0.717, 1.165) is 11.4 Å². The van der Waals surface area contributed by atoms with E-state index in [1.807, 2.05) is 12.1 Å². The second-order valence-corrected chi connectivity index (χ2v) is 5.45. The number of nitrogens with zero attached hydrogens (tertiary/aromatic N) is 2. The molecule has 0 aliphatic rings. The van der Waals surface area contributed by atoms with Gasteiger partial charge in [0.15, 0.2) is 0 Å². The summed E-state index contributed by atoms with van der Waals surface area (Å²) in [5.41, 5.74) is 1.23. The molecule has 0 aliphatic carbocycles. The fourth-order valence-electron chi connectivity index (χ4n) is 1.83. The van der Waals surface area contributed by atoms with Crippen LogP contribution in [-0.2, 0) is 6.42 Å². The molecular formula is C13H9ClN2S. The third kappa shape index (κ3) is 2.30. The standard InChI is InChI=1S/C13H9ClN2S/c14-13-16-15-12(17-13)8-9-5-6-10-3-1-2-4-11(10)7-9/h1-7H,8H2. The number of rotatable bonds is 2. The van der Waals surface area contributed by atoms with Crippen molar-refractivity contribution in [3.8, 4) is 0 Å². The lowest BCUT2D eigenvalue weighted by Gasteiger charge is -2.01. The van der Waals surface area contributed by atoms with Crippen LogP contribution in [-0.4, -0.2) is 10.2 Å². The van der Waals surface area contributed by atoms with Crippen molar-refractivity contribution < 1.29 is 0 Å². The van der Waals surface area contributed by atoms with Crippen LogP contribution in [0.15, 0.2) is 42.5 Å². The average Bonchev–Trinajstić information content (AvgIpc) is 2.75. The number of hydrogen-bond donors (Lipinski definition) is 0. The van der Waals surface area contributed by atoms with E-state index < -0.39 is 0 Å². The molecule has 0 atom stereocenters. The van der Waals surface area contributed by atoms with Crippen LogP contribution >= 0.6 is 22.9 Å². The van der Waals surface area contributed by atoms with Gasteiger partial charge in [0.25, 0.3) is 0 Å². The summed E-state index contributed by atoms with van der Waals surface area (Å²) in [5, 5.41) is 11.3. The largest absolute Gasteiger partial charge is 0.207 e. The van der Waals surface area contributed by atoms with Crippen LogP contribution in [0, 0.1) is 0 Å². The van der Waals surface area contributed by atoms with Crippen LogP contribution in [0.5, 0.6) is 0 Å². The Morgan fingerprint density at radius 2 is 1.82 bits per heavy atom. The van der Waals surface area contributed by atoms with Gasteiger partial charge >= 0.3 is 0 Å². The first-order chi connectivity index (χ1) is 8.31. The summed E-state index contributed by atoms with van der Waals surface area (Å²) in [6.45, 7) is 0. The number of hydrogen-bond acceptors (Lipinski definition) is 3. The predicted octanol–water partition coefficient (Wildman–Crippen LogP) is 3.94. The smallest absolute Gasteiger partial charge is 0.142 e. The second-order valence-electron chi connectivity index (χ2n) is 3.81. The van der Waals surface area contributed by atoms with Crippen LogP contribution in [0.4, 0.5) is 0 Å². The zero-order chi connectivity index (χ0) is 11.7. The van der Waals surface area contributed by atoms with Crippen LogP contribution < -0.4 is 0 Å². The van der Waals surface area contributed by atoms with Gasteiger partial charge in [0.2, 0.25) is 4.47 Å². The third-order valence-electron chi connectivity index (χ3n) is 2.61. The van der Waals surface area contributed by atoms with E-state index in [2.05, 4.69) is 40.5 Å². The molecule has 1 heterocycles. The number of fused-ring (bicyclic) bond motifs is 1. The minimum atomic E-state index is 0.501. The molecule has 1 aromatic heterocycles. The number of halogens is 1. The van der Waals surface area contributed by atoms with E-state index in [4.69, 9.17) is 11.6 Å². The van der Waals surface area contributed by atoms with Gasteiger partial charge in [0.05, 0.1) is 0 Å². The average molecular weight is 261 g/mol. The molecule has 3 rings (SSSR count). The lowest BCUT2D eigenvalue weighted by molar-refractivity contribution is 1.00. The highest BCUT2D eigenvalue weighted by atomic mass is 35.5. The Kier molecular flexibility index (Phi) is 2.79. The molecular weight excluding hydrogens is 252 g/mol. The lowest BCUT2D eigenvalue weighted by atomic mass is 10.1. The van der Waals surface area contributed by atoms with E-state index in [0.29, 0.717) is 4.47 Å². The fraction of sp³-hybridized carbons (Fsp3) is 0.0769. The van der Waals surface area contributed by atoms with Gasteiger partial charge in [0.1, 0.15) is 5.01 Å². The molecule has 4 heteroatoms. The van der Waals surface area contributed by atoms with E-state index >= 15 is 0 Å². The van der Waals surface area contributed by atoms with Crippen molar-refractivity contribution in [3.63, 3.8) is 0 Å². The van der Waals surface area contributed by atoms with Crippen molar-refractivity contribution >= 4 is 33.7 Å². The first-order valence-corrected chi connectivity index (χ1v) is 6.46. The predicted molar refractivity (Wildman–Crippen MR) is 71.7 cm³/mol. The van der Waals surface area contributed by atoms with E-state index in [-0.39, 0.29) is 0 Å². The topological polar surface area (TPSA) is 25.8 Å². The van der Waals surface area contributed by atoms with E-state index in [1.165, 1.54) is 27.7 Å². The molecule has 17 heavy (non-hydrogen) atoms. The zero-order valence-electron chi connectivity index (χ0n) is 8.93. The summed E-state index contributed by atoms with van der Waals surface area (Å²) in [6.07, 6.45) is 0.787. The van der Waals surface area contributed by atoms with E-state index in [9.17, 15) is 0 Å². The van der Waals surface area contributed by atoms with Crippen molar-refractivity contribution in [2.24, 2.45) is 0 Å². The number of aromatic nitrogens is 2. The van der Waals surface area contributed by atoms with Gasteiger partial charge < -0.3 is 0 Å². The minimum Gasteiger partial charge on any atom is -0.142 e. The first-order valence-electron chi connectivity index (χ1n) is 5.27. The van der Waals surface area contributed by atoms with Crippen molar-refractivity contribution in [3.05, 3.63) is 57.5 Å². The van der Waals surface area contributed by atoms with Gasteiger partial charge in [-0.25, -0.2) is 0 Å². The van der Waals surface area contributed by atoms with Gasteiger partial charge in [-0.05, 0) is 27.9 Å². The summed E-state index contributed by atoms with van der Waals surface area (Å²) in [4.78, 5) is 0. The molecule has 0 saturated carbocycles. The van der Waals surface area contributed by atoms with Crippen LogP contribution in [0.3, 0.4) is 0 Å². The maximum atomic E-state index is 5.77. The minimum absolute atomic E-state index is 0.501. The maximum Gasteiger partial charge on any atom is 0.207 e. The Labute approximate surface area is 108 Å². The molecule has 0 radical (unpaired) electrons. The first kappa shape index (κ1) is 10.7. The maximum absolute atomic E-state index is 5.77. The second kappa shape index (κ2) is 4.43. The normalized spacial score (nSPS) is 10.9. The Balaban J connectivity index is 1.95. The molecule has 2 aromatic carbocycles. The molecule has 3 aromatic rings. The summed E-state index contributed by atoms with van der Waals surface area (Å²) < 4.78 is 0.501. The molecule has 0 unspecified atom stereocenters. The van der Waals surface area contributed by atoms with Gasteiger partial charge in [-0.2, -0.15) is 0 Å². The SMILES string of the molecule is Clc1nnc(Cc2ccc3ccccc3c2)s1. The van der Waals surface area contributed by atoms with Crippen molar-refractivity contribution in [2.45, 2.75) is 6.42 Å². The molecule has 0 spiro atoms. The Morgan fingerprint density at radius 1 is 1.00 bits per heavy atom.